The molecule has 3 atom stereocenters. The van der Waals surface area contributed by atoms with Crippen molar-refractivity contribution in [1.82, 2.24) is 21.1 Å². The van der Waals surface area contributed by atoms with Gasteiger partial charge in [-0.3, -0.25) is 19.4 Å². The molecule has 3 amide bonds. The van der Waals surface area contributed by atoms with Crippen LogP contribution in [0, 0.1) is 5.92 Å². The van der Waals surface area contributed by atoms with E-state index in [1.54, 1.807) is 27.7 Å². The first kappa shape index (κ1) is 30.7. The maximum atomic E-state index is 13.2. The van der Waals surface area contributed by atoms with Crippen molar-refractivity contribution in [2.45, 2.75) is 100 Å². The molecule has 1 heterocycles. The largest absolute Gasteiger partial charge is 0.460 e. The fourth-order valence-electron chi connectivity index (χ4n) is 4.27. The lowest BCUT2D eigenvalue weighted by atomic mass is 9.83. The number of nitrogens with one attached hydrogen (secondary N) is 3. The lowest BCUT2D eigenvalue weighted by molar-refractivity contribution is -0.152. The minimum absolute atomic E-state index is 0.0567. The summed E-state index contributed by atoms with van der Waals surface area (Å²) < 4.78 is 8.62. The Bertz CT molecular complexity index is 796. The van der Waals surface area contributed by atoms with Gasteiger partial charge in [-0.2, -0.15) is 0 Å². The summed E-state index contributed by atoms with van der Waals surface area (Å²) in [6.07, 6.45) is 4.90. The lowest BCUT2D eigenvalue weighted by Gasteiger charge is -2.35. The van der Waals surface area contributed by atoms with Gasteiger partial charge in [0.25, 0.3) is 5.91 Å². The fraction of sp³-hybridized carbons (Fsp3) is 0.826. The van der Waals surface area contributed by atoms with Gasteiger partial charge in [0.2, 0.25) is 9.70 Å². The standard InChI is InChI=1S/C23H37Cl3N4O6/c1-14(19(32)30-12-8-11-16(29-30)20(33)35-13-23(24,25)26)27-18(31)17(15-9-6-5-7-10-15)28-21(34)36-22(2,3)4/h14-17,29H,5-13H2,1-4H3,(H,27,31)(H,28,34)/t14-,16-,17-/m0/s1. The predicted molar refractivity (Wildman–Crippen MR) is 136 cm³/mol. The molecule has 0 aromatic heterocycles. The topological polar surface area (TPSA) is 126 Å². The van der Waals surface area contributed by atoms with Crippen molar-refractivity contribution in [2.75, 3.05) is 13.2 Å². The molecule has 13 heteroatoms. The normalized spacial score (nSPS) is 21.2. The molecule has 1 saturated heterocycles. The molecule has 2 fully saturated rings. The molecule has 1 saturated carbocycles. The summed E-state index contributed by atoms with van der Waals surface area (Å²) in [6.45, 7) is 6.72. The molecule has 0 spiro atoms. The second-order valence-corrected chi connectivity index (χ2v) is 12.8. The number of esters is 1. The van der Waals surface area contributed by atoms with Gasteiger partial charge in [-0.25, -0.2) is 10.2 Å². The number of nitrogens with zero attached hydrogens (tertiary/aromatic N) is 1. The van der Waals surface area contributed by atoms with Gasteiger partial charge in [-0.05, 0) is 59.3 Å². The molecule has 0 aromatic rings. The van der Waals surface area contributed by atoms with E-state index < -0.39 is 58.0 Å². The van der Waals surface area contributed by atoms with E-state index in [0.717, 1.165) is 32.1 Å². The van der Waals surface area contributed by atoms with Crippen molar-refractivity contribution < 1.29 is 28.7 Å². The summed E-state index contributed by atoms with van der Waals surface area (Å²) in [5.74, 6) is -1.58. The summed E-state index contributed by atoms with van der Waals surface area (Å²) in [7, 11) is 0. The first-order valence-corrected chi connectivity index (χ1v) is 13.4. The van der Waals surface area contributed by atoms with E-state index in [-0.39, 0.29) is 5.92 Å². The van der Waals surface area contributed by atoms with Crippen LogP contribution in [0.5, 0.6) is 0 Å². The Kier molecular flexibility index (Phi) is 11.4. The molecule has 1 aliphatic heterocycles. The number of carbonyl (C=O) groups excluding carboxylic acids is 4. The number of alkyl carbamates (subject to hydrolysis) is 1. The van der Waals surface area contributed by atoms with Crippen molar-refractivity contribution >= 4 is 58.7 Å². The van der Waals surface area contributed by atoms with E-state index in [1.165, 1.54) is 5.01 Å². The molecule has 3 N–H and O–H groups in total. The number of ether oxygens (including phenoxy) is 2. The van der Waals surface area contributed by atoms with Gasteiger partial charge < -0.3 is 20.1 Å². The molecular weight excluding hydrogens is 535 g/mol. The molecule has 36 heavy (non-hydrogen) atoms. The van der Waals surface area contributed by atoms with Crippen LogP contribution in [0.25, 0.3) is 0 Å². The van der Waals surface area contributed by atoms with E-state index >= 15 is 0 Å². The highest BCUT2D eigenvalue weighted by Crippen LogP contribution is 2.28. The van der Waals surface area contributed by atoms with Crippen LogP contribution in [0.15, 0.2) is 0 Å². The minimum atomic E-state index is -1.74. The van der Waals surface area contributed by atoms with Crippen molar-refractivity contribution in [3.63, 3.8) is 0 Å². The quantitative estimate of drug-likeness (QED) is 0.316. The van der Waals surface area contributed by atoms with Crippen molar-refractivity contribution in [3.05, 3.63) is 0 Å². The van der Waals surface area contributed by atoms with Crippen molar-refractivity contribution in [1.29, 1.82) is 0 Å². The van der Waals surface area contributed by atoms with E-state index in [1.807, 2.05) is 0 Å². The first-order chi connectivity index (χ1) is 16.7. The molecule has 0 aromatic carbocycles. The Labute approximate surface area is 227 Å². The fourth-order valence-corrected chi connectivity index (χ4v) is 4.43. The zero-order valence-electron chi connectivity index (χ0n) is 21.2. The second-order valence-electron chi connectivity index (χ2n) is 10.3. The van der Waals surface area contributed by atoms with Gasteiger partial charge in [0.05, 0.1) is 0 Å². The highest BCUT2D eigenvalue weighted by Gasteiger charge is 2.36. The monoisotopic (exact) mass is 570 g/mol. The van der Waals surface area contributed by atoms with Crippen LogP contribution in [-0.2, 0) is 23.9 Å². The third kappa shape index (κ3) is 10.5. The molecule has 0 radical (unpaired) electrons. The highest BCUT2D eigenvalue weighted by molar-refractivity contribution is 6.67. The number of hydrogen-bond donors (Lipinski definition) is 3. The Hall–Kier alpha value is -1.49. The van der Waals surface area contributed by atoms with Gasteiger partial charge >= 0.3 is 12.1 Å². The van der Waals surface area contributed by atoms with Gasteiger partial charge in [-0.15, -0.1) is 0 Å². The van der Waals surface area contributed by atoms with E-state index in [4.69, 9.17) is 44.3 Å². The van der Waals surface area contributed by atoms with Crippen LogP contribution in [0.2, 0.25) is 0 Å². The van der Waals surface area contributed by atoms with Crippen LogP contribution in [0.4, 0.5) is 4.79 Å². The number of halogens is 3. The maximum absolute atomic E-state index is 13.2. The number of carbonyl (C=O) groups is 4. The third-order valence-electron chi connectivity index (χ3n) is 5.92. The summed E-state index contributed by atoms with van der Waals surface area (Å²) in [4.78, 5) is 51.0. The van der Waals surface area contributed by atoms with E-state index in [0.29, 0.717) is 19.4 Å². The lowest BCUT2D eigenvalue weighted by Crippen LogP contribution is -2.61. The third-order valence-corrected chi connectivity index (χ3v) is 6.25. The molecular formula is C23H37Cl3N4O6. The van der Waals surface area contributed by atoms with Gasteiger partial charge in [0.1, 0.15) is 30.3 Å². The van der Waals surface area contributed by atoms with Crippen LogP contribution >= 0.6 is 34.8 Å². The average molecular weight is 572 g/mol. The summed E-state index contributed by atoms with van der Waals surface area (Å²) in [5.41, 5.74) is 2.12. The van der Waals surface area contributed by atoms with Crippen molar-refractivity contribution in [3.8, 4) is 0 Å². The Morgan fingerprint density at radius 3 is 2.22 bits per heavy atom. The van der Waals surface area contributed by atoms with Gasteiger partial charge in [-0.1, -0.05) is 54.1 Å². The van der Waals surface area contributed by atoms with Gasteiger partial charge in [0.15, 0.2) is 0 Å². The Balaban J connectivity index is 1.99. The highest BCUT2D eigenvalue weighted by atomic mass is 35.6. The Morgan fingerprint density at radius 1 is 1.00 bits per heavy atom. The van der Waals surface area contributed by atoms with Crippen LogP contribution in [0.3, 0.4) is 0 Å². The second kappa shape index (κ2) is 13.3. The van der Waals surface area contributed by atoms with E-state index in [9.17, 15) is 19.2 Å². The molecule has 0 bridgehead atoms. The Morgan fingerprint density at radius 2 is 1.64 bits per heavy atom. The smallest absolute Gasteiger partial charge is 0.408 e. The van der Waals surface area contributed by atoms with Gasteiger partial charge in [0, 0.05) is 6.54 Å². The zero-order valence-corrected chi connectivity index (χ0v) is 23.5. The number of hydrogen-bond acceptors (Lipinski definition) is 7. The summed E-state index contributed by atoms with van der Waals surface area (Å²) >= 11 is 16.9. The van der Waals surface area contributed by atoms with Crippen LogP contribution in [-0.4, -0.2) is 69.6 Å². The number of amides is 3. The molecule has 10 nitrogen and oxygen atoms in total. The average Bonchev–Trinajstić information content (AvgIpc) is 2.79. The van der Waals surface area contributed by atoms with Crippen LogP contribution < -0.4 is 16.1 Å². The minimum Gasteiger partial charge on any atom is -0.460 e. The summed E-state index contributed by atoms with van der Waals surface area (Å²) in [5, 5.41) is 6.71. The number of rotatable bonds is 7. The SMILES string of the molecule is C[C@H](NC(=O)[C@@H](NC(=O)OC(C)(C)C)C1CCCCC1)C(=O)N1CCC[C@@H](C(=O)OCC(Cl)(Cl)Cl)N1. The molecule has 206 valence electrons. The zero-order chi connectivity index (χ0) is 27.1. The predicted octanol–water partition coefficient (Wildman–Crippen LogP) is 3.37. The number of alkyl halides is 3. The number of hydrazine groups is 1. The summed E-state index contributed by atoms with van der Waals surface area (Å²) in [6, 6.07) is -2.52. The first-order valence-electron chi connectivity index (χ1n) is 12.3. The molecule has 2 aliphatic rings. The van der Waals surface area contributed by atoms with E-state index in [2.05, 4.69) is 16.1 Å². The maximum Gasteiger partial charge on any atom is 0.408 e. The van der Waals surface area contributed by atoms with Crippen molar-refractivity contribution in [2.24, 2.45) is 5.92 Å². The molecule has 0 unspecified atom stereocenters. The molecule has 2 rings (SSSR count). The molecule has 1 aliphatic carbocycles. The van der Waals surface area contributed by atoms with Crippen LogP contribution in [0.1, 0.15) is 72.6 Å².